The number of piperidine rings is 1. The quantitative estimate of drug-likeness (QED) is 0.912. The zero-order valence-electron chi connectivity index (χ0n) is 9.56. The molecule has 4 heteroatoms. The van der Waals surface area contributed by atoms with Gasteiger partial charge in [-0.05, 0) is 46.8 Å². The Kier molecular flexibility index (Phi) is 4.03. The molecule has 0 unspecified atom stereocenters. The fourth-order valence-corrected chi connectivity index (χ4v) is 2.69. The topological polar surface area (TPSA) is 47.3 Å². The van der Waals surface area contributed by atoms with Crippen molar-refractivity contribution < 1.29 is 5.11 Å². The maximum Gasteiger partial charge on any atom is 0.103 e. The summed E-state index contributed by atoms with van der Waals surface area (Å²) >= 11 is 3.41. The first-order chi connectivity index (χ1) is 8.26. The van der Waals surface area contributed by atoms with Crippen molar-refractivity contribution in [2.75, 3.05) is 24.6 Å². The number of hydrogen-bond donors (Lipinski definition) is 1. The van der Waals surface area contributed by atoms with Crippen LogP contribution in [0.2, 0.25) is 0 Å². The fraction of sp³-hybridized carbons (Fsp3) is 0.462. The average Bonchev–Trinajstić information content (AvgIpc) is 2.38. The smallest absolute Gasteiger partial charge is 0.103 e. The second-order valence-electron chi connectivity index (χ2n) is 4.36. The first-order valence-corrected chi connectivity index (χ1v) is 6.60. The molecule has 0 radical (unpaired) electrons. The van der Waals surface area contributed by atoms with Crippen molar-refractivity contribution in [2.45, 2.75) is 12.8 Å². The highest BCUT2D eigenvalue weighted by Gasteiger charge is 2.21. The molecule has 90 valence electrons. The van der Waals surface area contributed by atoms with E-state index in [-0.39, 0.29) is 6.61 Å². The van der Waals surface area contributed by atoms with E-state index in [0.29, 0.717) is 11.5 Å². The molecule has 0 saturated carbocycles. The second-order valence-corrected chi connectivity index (χ2v) is 5.21. The third kappa shape index (κ3) is 2.62. The van der Waals surface area contributed by atoms with E-state index >= 15 is 0 Å². The fourth-order valence-electron chi connectivity index (χ4n) is 2.24. The number of aliphatic hydroxyl groups is 1. The van der Waals surface area contributed by atoms with Crippen LogP contribution in [0.15, 0.2) is 22.7 Å². The molecule has 0 atom stereocenters. The second kappa shape index (κ2) is 5.52. The highest BCUT2D eigenvalue weighted by molar-refractivity contribution is 9.10. The zero-order chi connectivity index (χ0) is 12.3. The molecule has 1 saturated heterocycles. The van der Waals surface area contributed by atoms with Gasteiger partial charge in [0, 0.05) is 24.2 Å². The van der Waals surface area contributed by atoms with Crippen LogP contribution in [0.3, 0.4) is 0 Å². The predicted molar refractivity (Wildman–Crippen MR) is 70.9 cm³/mol. The Hall–Kier alpha value is -1.05. The highest BCUT2D eigenvalue weighted by atomic mass is 79.9. The van der Waals surface area contributed by atoms with Crippen LogP contribution in [0, 0.1) is 17.2 Å². The lowest BCUT2D eigenvalue weighted by atomic mass is 9.97. The molecule has 17 heavy (non-hydrogen) atoms. The summed E-state index contributed by atoms with van der Waals surface area (Å²) in [5.74, 6) is 0.420. The first kappa shape index (κ1) is 12.4. The molecular formula is C13H15BrN2O. The van der Waals surface area contributed by atoms with Crippen LogP contribution >= 0.6 is 15.9 Å². The van der Waals surface area contributed by atoms with E-state index in [1.165, 1.54) is 0 Å². The van der Waals surface area contributed by atoms with Crippen molar-refractivity contribution in [3.63, 3.8) is 0 Å². The number of hydrogen-bond acceptors (Lipinski definition) is 3. The number of halogens is 1. The molecule has 1 aromatic rings. The van der Waals surface area contributed by atoms with Gasteiger partial charge in [0.15, 0.2) is 0 Å². The summed E-state index contributed by atoms with van der Waals surface area (Å²) < 4.78 is 0.849. The molecule has 1 heterocycles. The Balaban J connectivity index is 2.19. The minimum atomic E-state index is 0.275. The van der Waals surface area contributed by atoms with Crippen LogP contribution in [0.4, 0.5) is 5.69 Å². The number of nitrogens with zero attached hydrogens (tertiary/aromatic N) is 2. The number of benzene rings is 1. The Bertz CT molecular complexity index is 434. The molecule has 0 bridgehead atoms. The van der Waals surface area contributed by atoms with Crippen LogP contribution in [0.25, 0.3) is 0 Å². The summed E-state index contributed by atoms with van der Waals surface area (Å²) in [6.45, 7) is 2.10. The normalized spacial score (nSPS) is 16.9. The van der Waals surface area contributed by atoms with Crippen molar-refractivity contribution in [1.82, 2.24) is 0 Å². The minimum absolute atomic E-state index is 0.275. The van der Waals surface area contributed by atoms with Crippen molar-refractivity contribution >= 4 is 21.6 Å². The Labute approximate surface area is 110 Å². The van der Waals surface area contributed by atoms with E-state index in [9.17, 15) is 5.26 Å². The monoisotopic (exact) mass is 294 g/mol. The van der Waals surface area contributed by atoms with E-state index in [4.69, 9.17) is 5.11 Å². The molecule has 0 amide bonds. The van der Waals surface area contributed by atoms with Gasteiger partial charge in [-0.3, -0.25) is 0 Å². The van der Waals surface area contributed by atoms with Gasteiger partial charge in [-0.2, -0.15) is 5.26 Å². The maximum absolute atomic E-state index is 9.18. The first-order valence-electron chi connectivity index (χ1n) is 5.80. The maximum atomic E-state index is 9.18. The SMILES string of the molecule is N#Cc1c(Br)cccc1N1CCC(CO)CC1. The molecule has 3 nitrogen and oxygen atoms in total. The van der Waals surface area contributed by atoms with Crippen LogP contribution < -0.4 is 4.90 Å². The molecule has 0 spiro atoms. The summed E-state index contributed by atoms with van der Waals surface area (Å²) in [7, 11) is 0. The molecule has 1 aliphatic rings. The lowest BCUT2D eigenvalue weighted by Crippen LogP contribution is -2.35. The van der Waals surface area contributed by atoms with Gasteiger partial charge in [0.1, 0.15) is 6.07 Å². The van der Waals surface area contributed by atoms with Crippen LogP contribution in [0.1, 0.15) is 18.4 Å². The summed E-state index contributed by atoms with van der Waals surface area (Å²) in [6.07, 6.45) is 1.99. The zero-order valence-corrected chi connectivity index (χ0v) is 11.2. The van der Waals surface area contributed by atoms with Gasteiger partial charge in [-0.25, -0.2) is 0 Å². The summed E-state index contributed by atoms with van der Waals surface area (Å²) in [5, 5.41) is 18.3. The number of aliphatic hydroxyl groups excluding tert-OH is 1. The van der Waals surface area contributed by atoms with Crippen LogP contribution in [-0.2, 0) is 0 Å². The van der Waals surface area contributed by atoms with Crippen molar-refractivity contribution in [3.05, 3.63) is 28.2 Å². The van der Waals surface area contributed by atoms with Crippen molar-refractivity contribution in [1.29, 1.82) is 5.26 Å². The van der Waals surface area contributed by atoms with Crippen molar-refractivity contribution in [2.24, 2.45) is 5.92 Å². The van der Waals surface area contributed by atoms with Gasteiger partial charge in [0.05, 0.1) is 11.3 Å². The summed E-state index contributed by atoms with van der Waals surface area (Å²) in [5.41, 5.74) is 1.70. The lowest BCUT2D eigenvalue weighted by Gasteiger charge is -2.33. The largest absolute Gasteiger partial charge is 0.396 e. The highest BCUT2D eigenvalue weighted by Crippen LogP contribution is 2.30. The number of nitriles is 1. The van der Waals surface area contributed by atoms with E-state index in [0.717, 1.165) is 36.1 Å². The van der Waals surface area contributed by atoms with Gasteiger partial charge >= 0.3 is 0 Å². The molecule has 1 fully saturated rings. The number of rotatable bonds is 2. The Morgan fingerprint density at radius 3 is 2.71 bits per heavy atom. The van der Waals surface area contributed by atoms with Gasteiger partial charge in [0.2, 0.25) is 0 Å². The van der Waals surface area contributed by atoms with Gasteiger partial charge in [-0.15, -0.1) is 0 Å². The average molecular weight is 295 g/mol. The van der Waals surface area contributed by atoms with Gasteiger partial charge in [-0.1, -0.05) is 6.07 Å². The van der Waals surface area contributed by atoms with Gasteiger partial charge < -0.3 is 10.0 Å². The van der Waals surface area contributed by atoms with E-state index in [2.05, 4.69) is 26.9 Å². The molecule has 0 aromatic heterocycles. The Morgan fingerprint density at radius 1 is 1.41 bits per heavy atom. The predicted octanol–water partition coefficient (Wildman–Crippen LogP) is 2.53. The third-order valence-corrected chi connectivity index (χ3v) is 3.98. The lowest BCUT2D eigenvalue weighted by molar-refractivity contribution is 0.203. The molecular weight excluding hydrogens is 280 g/mol. The van der Waals surface area contributed by atoms with E-state index < -0.39 is 0 Å². The Morgan fingerprint density at radius 2 is 2.12 bits per heavy atom. The van der Waals surface area contributed by atoms with E-state index in [1.54, 1.807) is 0 Å². The summed E-state index contributed by atoms with van der Waals surface area (Å²) in [6, 6.07) is 8.09. The van der Waals surface area contributed by atoms with Crippen LogP contribution in [0.5, 0.6) is 0 Å². The van der Waals surface area contributed by atoms with E-state index in [1.807, 2.05) is 18.2 Å². The molecule has 1 N–H and O–H groups in total. The van der Waals surface area contributed by atoms with Crippen molar-refractivity contribution in [3.8, 4) is 6.07 Å². The minimum Gasteiger partial charge on any atom is -0.396 e. The molecule has 1 aliphatic heterocycles. The number of anilines is 1. The van der Waals surface area contributed by atoms with Gasteiger partial charge in [0.25, 0.3) is 0 Å². The third-order valence-electron chi connectivity index (χ3n) is 3.32. The molecule has 0 aliphatic carbocycles. The standard InChI is InChI=1S/C13H15BrN2O/c14-12-2-1-3-13(11(12)8-15)16-6-4-10(9-17)5-7-16/h1-3,10,17H,4-7,9H2. The molecule has 2 rings (SSSR count). The summed E-state index contributed by atoms with van der Waals surface area (Å²) in [4.78, 5) is 2.23. The molecule has 1 aromatic carbocycles. The van der Waals surface area contributed by atoms with Crippen LogP contribution in [-0.4, -0.2) is 24.8 Å².